The Morgan fingerprint density at radius 3 is 2.78 bits per heavy atom. The summed E-state index contributed by atoms with van der Waals surface area (Å²) in [6.45, 7) is 0.671. The third-order valence-corrected chi connectivity index (χ3v) is 6.28. The van der Waals surface area contributed by atoms with Crippen LogP contribution in [-0.2, 0) is 24.3 Å². The van der Waals surface area contributed by atoms with Gasteiger partial charge in [-0.05, 0) is 37.8 Å². The molecule has 0 aromatic heterocycles. The van der Waals surface area contributed by atoms with Crippen LogP contribution in [0.4, 0.5) is 0 Å². The fourth-order valence-electron chi connectivity index (χ4n) is 3.43. The maximum atomic E-state index is 12.4. The van der Waals surface area contributed by atoms with Crippen LogP contribution < -0.4 is 5.32 Å². The van der Waals surface area contributed by atoms with Gasteiger partial charge in [0.1, 0.15) is 4.90 Å². The highest BCUT2D eigenvalue weighted by Gasteiger charge is 2.35. The standard InChI is InChI=1S/C18H21N3O5S/c22-16(19-13-7-8-13)11-26-18(23)12-4-3-9-21(10-12)17-14-5-1-2-6-15(14)27(24,25)20-17/h1-2,5-6,12-13H,3-4,7-11H2,(H,19,22)/t12-/m1/s1. The van der Waals surface area contributed by atoms with Gasteiger partial charge in [0.2, 0.25) is 0 Å². The minimum Gasteiger partial charge on any atom is -0.455 e. The highest BCUT2D eigenvalue weighted by Crippen LogP contribution is 2.30. The maximum absolute atomic E-state index is 12.4. The fraction of sp³-hybridized carbons (Fsp3) is 0.500. The molecule has 27 heavy (non-hydrogen) atoms. The smallest absolute Gasteiger partial charge is 0.311 e. The average Bonchev–Trinajstić information content (AvgIpc) is 3.43. The fourth-order valence-corrected chi connectivity index (χ4v) is 4.66. The van der Waals surface area contributed by atoms with Crippen molar-refractivity contribution >= 4 is 27.7 Å². The predicted octanol–water partition coefficient (Wildman–Crippen LogP) is 0.669. The summed E-state index contributed by atoms with van der Waals surface area (Å²) < 4.78 is 33.6. The first-order valence-electron chi connectivity index (χ1n) is 9.09. The summed E-state index contributed by atoms with van der Waals surface area (Å²) >= 11 is 0. The molecule has 3 aliphatic rings. The number of hydrogen-bond donors (Lipinski definition) is 1. The van der Waals surface area contributed by atoms with Gasteiger partial charge in [0, 0.05) is 24.7 Å². The highest BCUT2D eigenvalue weighted by atomic mass is 32.2. The third-order valence-electron chi connectivity index (χ3n) is 4.95. The van der Waals surface area contributed by atoms with Gasteiger partial charge >= 0.3 is 5.97 Å². The molecule has 1 saturated carbocycles. The van der Waals surface area contributed by atoms with Gasteiger partial charge in [-0.25, -0.2) is 0 Å². The molecule has 0 spiro atoms. The van der Waals surface area contributed by atoms with E-state index in [0.29, 0.717) is 30.9 Å². The van der Waals surface area contributed by atoms with Crippen molar-refractivity contribution in [3.63, 3.8) is 0 Å². The molecule has 2 heterocycles. The Morgan fingerprint density at radius 2 is 2.00 bits per heavy atom. The summed E-state index contributed by atoms with van der Waals surface area (Å²) in [4.78, 5) is 26.0. The van der Waals surface area contributed by atoms with Crippen molar-refractivity contribution in [1.82, 2.24) is 10.2 Å². The zero-order valence-corrected chi connectivity index (χ0v) is 15.6. The molecule has 8 nitrogen and oxygen atoms in total. The molecule has 144 valence electrons. The number of ether oxygens (including phenoxy) is 1. The van der Waals surface area contributed by atoms with Crippen molar-refractivity contribution in [3.8, 4) is 0 Å². The van der Waals surface area contributed by atoms with E-state index in [1.807, 2.05) is 4.90 Å². The van der Waals surface area contributed by atoms with Crippen LogP contribution in [0, 0.1) is 5.92 Å². The molecular weight excluding hydrogens is 370 g/mol. The van der Waals surface area contributed by atoms with Gasteiger partial charge in [-0.2, -0.15) is 8.42 Å². The summed E-state index contributed by atoms with van der Waals surface area (Å²) in [5.41, 5.74) is 0.565. The number of sulfonamides is 1. The minimum atomic E-state index is -3.69. The Morgan fingerprint density at radius 1 is 1.22 bits per heavy atom. The Kier molecular flexibility index (Phi) is 4.63. The van der Waals surface area contributed by atoms with Crippen LogP contribution in [0.15, 0.2) is 33.6 Å². The molecule has 2 aliphatic heterocycles. The number of amidine groups is 1. The van der Waals surface area contributed by atoms with E-state index in [1.54, 1.807) is 18.2 Å². The topological polar surface area (TPSA) is 105 Å². The van der Waals surface area contributed by atoms with Crippen LogP contribution in [0.5, 0.6) is 0 Å². The summed E-state index contributed by atoms with van der Waals surface area (Å²) in [5, 5.41) is 2.77. The molecule has 0 radical (unpaired) electrons. The summed E-state index contributed by atoms with van der Waals surface area (Å²) in [6.07, 6.45) is 3.31. The van der Waals surface area contributed by atoms with Gasteiger partial charge in [0.25, 0.3) is 15.9 Å². The van der Waals surface area contributed by atoms with Gasteiger partial charge in [-0.1, -0.05) is 12.1 Å². The number of carbonyl (C=O) groups excluding carboxylic acids is 2. The first-order valence-corrected chi connectivity index (χ1v) is 10.5. The van der Waals surface area contributed by atoms with Crippen molar-refractivity contribution in [3.05, 3.63) is 29.8 Å². The van der Waals surface area contributed by atoms with E-state index in [4.69, 9.17) is 4.74 Å². The second kappa shape index (κ2) is 6.95. The van der Waals surface area contributed by atoms with Crippen LogP contribution in [0.1, 0.15) is 31.2 Å². The molecule has 1 aliphatic carbocycles. The Labute approximate surface area is 157 Å². The number of benzene rings is 1. The molecule has 1 N–H and O–H groups in total. The minimum absolute atomic E-state index is 0.196. The Bertz CT molecular complexity index is 907. The molecule has 2 fully saturated rings. The van der Waals surface area contributed by atoms with Crippen molar-refractivity contribution in [1.29, 1.82) is 0 Å². The Hall–Kier alpha value is -2.42. The zero-order chi connectivity index (χ0) is 19.0. The second-order valence-corrected chi connectivity index (χ2v) is 8.69. The van der Waals surface area contributed by atoms with E-state index in [0.717, 1.165) is 19.3 Å². The van der Waals surface area contributed by atoms with Gasteiger partial charge in [0.15, 0.2) is 12.4 Å². The quantitative estimate of drug-likeness (QED) is 0.757. The number of likely N-dealkylation sites (tertiary alicyclic amines) is 1. The molecule has 0 bridgehead atoms. The number of esters is 1. The number of rotatable bonds is 4. The van der Waals surface area contributed by atoms with Crippen LogP contribution in [-0.4, -0.2) is 56.8 Å². The van der Waals surface area contributed by atoms with Crippen molar-refractivity contribution in [2.24, 2.45) is 10.3 Å². The molecule has 0 unspecified atom stereocenters. The Balaban J connectivity index is 1.41. The second-order valence-electron chi connectivity index (χ2n) is 7.12. The average molecular weight is 391 g/mol. The van der Waals surface area contributed by atoms with Gasteiger partial charge in [-0.3, -0.25) is 9.59 Å². The largest absolute Gasteiger partial charge is 0.455 e. The molecule has 4 rings (SSSR count). The van der Waals surface area contributed by atoms with Gasteiger partial charge in [0.05, 0.1) is 5.92 Å². The van der Waals surface area contributed by atoms with Crippen molar-refractivity contribution < 1.29 is 22.7 Å². The van der Waals surface area contributed by atoms with Crippen LogP contribution in [0.3, 0.4) is 0 Å². The summed E-state index contributed by atoms with van der Waals surface area (Å²) in [6, 6.07) is 6.92. The van der Waals surface area contributed by atoms with E-state index < -0.39 is 21.9 Å². The molecule has 1 saturated heterocycles. The maximum Gasteiger partial charge on any atom is 0.311 e. The molecule has 9 heteroatoms. The van der Waals surface area contributed by atoms with Crippen LogP contribution in [0.2, 0.25) is 0 Å². The number of hydrogen-bond acceptors (Lipinski definition) is 6. The molecule has 1 aromatic rings. The van der Waals surface area contributed by atoms with Gasteiger partial charge in [-0.15, -0.1) is 4.40 Å². The van der Waals surface area contributed by atoms with E-state index in [9.17, 15) is 18.0 Å². The van der Waals surface area contributed by atoms with Crippen molar-refractivity contribution in [2.45, 2.75) is 36.6 Å². The molecule has 1 atom stereocenters. The number of nitrogens with one attached hydrogen (secondary N) is 1. The number of nitrogens with zero attached hydrogens (tertiary/aromatic N) is 2. The lowest BCUT2D eigenvalue weighted by Gasteiger charge is -2.32. The normalized spacial score (nSPS) is 23.3. The lowest BCUT2D eigenvalue weighted by molar-refractivity contribution is -0.153. The number of amides is 1. The monoisotopic (exact) mass is 391 g/mol. The SMILES string of the molecule is O=C(COC(=O)[C@@H]1CCCN(C2=NS(=O)(=O)c3ccccc32)C1)NC1CC1. The van der Waals surface area contributed by atoms with Gasteiger partial charge < -0.3 is 15.0 Å². The van der Waals surface area contributed by atoms with Crippen LogP contribution in [0.25, 0.3) is 0 Å². The van der Waals surface area contributed by atoms with Crippen LogP contribution >= 0.6 is 0 Å². The lowest BCUT2D eigenvalue weighted by Crippen LogP contribution is -2.43. The number of carbonyl (C=O) groups is 2. The first-order chi connectivity index (χ1) is 12.9. The van der Waals surface area contributed by atoms with E-state index in [2.05, 4.69) is 9.71 Å². The lowest BCUT2D eigenvalue weighted by atomic mass is 9.97. The van der Waals surface area contributed by atoms with Crippen molar-refractivity contribution in [2.75, 3.05) is 19.7 Å². The highest BCUT2D eigenvalue weighted by molar-refractivity contribution is 7.90. The molecule has 1 aromatic carbocycles. The number of piperidine rings is 1. The zero-order valence-electron chi connectivity index (χ0n) is 14.8. The molecular formula is C18H21N3O5S. The van der Waals surface area contributed by atoms with E-state index >= 15 is 0 Å². The summed E-state index contributed by atoms with van der Waals surface area (Å²) in [5.74, 6) is -0.737. The number of fused-ring (bicyclic) bond motifs is 1. The summed E-state index contributed by atoms with van der Waals surface area (Å²) in [7, 11) is -3.69. The first kappa shape index (κ1) is 18.0. The van der Waals surface area contributed by atoms with E-state index in [-0.39, 0.29) is 23.5 Å². The van der Waals surface area contributed by atoms with E-state index in [1.165, 1.54) is 6.07 Å². The predicted molar refractivity (Wildman–Crippen MR) is 96.6 cm³/mol. The third kappa shape index (κ3) is 3.83. The molecule has 1 amide bonds.